The van der Waals surface area contributed by atoms with Crippen molar-refractivity contribution in [3.8, 4) is 0 Å². The lowest BCUT2D eigenvalue weighted by atomic mass is 9.88. The Morgan fingerprint density at radius 1 is 1.42 bits per heavy atom. The number of likely N-dealkylation sites (tertiary alicyclic amines) is 1. The largest absolute Gasteiger partial charge is 0.369 e. The Morgan fingerprint density at radius 3 is 2.63 bits per heavy atom. The lowest BCUT2D eigenvalue weighted by Crippen LogP contribution is -2.50. The predicted octanol–water partition coefficient (Wildman–Crippen LogP) is -0.948. The molecule has 6 nitrogen and oxygen atoms in total. The summed E-state index contributed by atoms with van der Waals surface area (Å²) in [5.74, 6) is -0.127. The van der Waals surface area contributed by atoms with E-state index in [1.165, 1.54) is 0 Å². The number of amides is 2. The molecule has 0 saturated carbocycles. The van der Waals surface area contributed by atoms with Gasteiger partial charge in [0, 0.05) is 25.7 Å². The van der Waals surface area contributed by atoms with Crippen molar-refractivity contribution in [3.05, 3.63) is 0 Å². The van der Waals surface area contributed by atoms with E-state index in [1.54, 1.807) is 0 Å². The molecule has 108 valence electrons. The Labute approximate surface area is 114 Å². The fourth-order valence-corrected chi connectivity index (χ4v) is 2.83. The van der Waals surface area contributed by atoms with Gasteiger partial charge in [-0.3, -0.25) is 14.5 Å². The van der Waals surface area contributed by atoms with Crippen LogP contribution in [0.3, 0.4) is 0 Å². The number of hydrogen-bond donors (Lipinski definition) is 3. The number of nitrogens with one attached hydrogen (secondary N) is 2. The van der Waals surface area contributed by atoms with Crippen LogP contribution in [0.4, 0.5) is 0 Å². The highest BCUT2D eigenvalue weighted by molar-refractivity contribution is 5.83. The predicted molar refractivity (Wildman–Crippen MR) is 72.4 cm³/mol. The molecular formula is C13H24N4O2. The van der Waals surface area contributed by atoms with E-state index in [0.717, 1.165) is 45.4 Å². The van der Waals surface area contributed by atoms with Crippen molar-refractivity contribution in [3.63, 3.8) is 0 Å². The molecule has 1 unspecified atom stereocenters. The van der Waals surface area contributed by atoms with Crippen LogP contribution in [0.15, 0.2) is 0 Å². The summed E-state index contributed by atoms with van der Waals surface area (Å²) in [5.41, 5.74) is 4.92. The van der Waals surface area contributed by atoms with Crippen LogP contribution in [0.25, 0.3) is 0 Å². The van der Waals surface area contributed by atoms with Crippen molar-refractivity contribution in [2.75, 3.05) is 32.7 Å². The molecule has 2 aliphatic heterocycles. The molecule has 1 atom stereocenters. The topological polar surface area (TPSA) is 87.5 Å². The van der Waals surface area contributed by atoms with Crippen molar-refractivity contribution < 1.29 is 9.59 Å². The molecule has 6 heteroatoms. The number of nitrogens with zero attached hydrogens (tertiary/aromatic N) is 1. The summed E-state index contributed by atoms with van der Waals surface area (Å²) in [6, 6.07) is 0.231. The molecule has 2 aliphatic rings. The standard InChI is InChI=1S/C13H24N4O2/c1-13(4-5-15-9-13)12(19)16-10-2-6-17(7-3-10)8-11(14)18/h10,15H,2-9H2,1H3,(H2,14,18)(H,16,19). The van der Waals surface area contributed by atoms with E-state index in [-0.39, 0.29) is 23.3 Å². The van der Waals surface area contributed by atoms with Gasteiger partial charge < -0.3 is 16.4 Å². The van der Waals surface area contributed by atoms with E-state index in [2.05, 4.69) is 10.6 Å². The molecular weight excluding hydrogens is 244 g/mol. The molecule has 2 saturated heterocycles. The second-order valence-corrected chi connectivity index (χ2v) is 5.98. The molecule has 0 spiro atoms. The number of hydrogen-bond acceptors (Lipinski definition) is 4. The Kier molecular flexibility index (Phi) is 4.42. The van der Waals surface area contributed by atoms with Crippen LogP contribution < -0.4 is 16.4 Å². The quantitative estimate of drug-likeness (QED) is 0.613. The molecule has 0 aromatic carbocycles. The number of nitrogens with two attached hydrogens (primary N) is 1. The normalized spacial score (nSPS) is 29.3. The van der Waals surface area contributed by atoms with Gasteiger partial charge in [0.2, 0.25) is 11.8 Å². The molecule has 0 aliphatic carbocycles. The molecule has 0 bridgehead atoms. The minimum Gasteiger partial charge on any atom is -0.369 e. The Hall–Kier alpha value is -1.14. The monoisotopic (exact) mass is 268 g/mol. The van der Waals surface area contributed by atoms with Crippen LogP contribution in [-0.2, 0) is 9.59 Å². The summed E-state index contributed by atoms with van der Waals surface area (Å²) in [6.07, 6.45) is 2.68. The van der Waals surface area contributed by atoms with E-state index >= 15 is 0 Å². The average molecular weight is 268 g/mol. The molecule has 2 amide bonds. The van der Waals surface area contributed by atoms with E-state index in [9.17, 15) is 9.59 Å². The number of piperidine rings is 1. The lowest BCUT2D eigenvalue weighted by molar-refractivity contribution is -0.130. The fourth-order valence-electron chi connectivity index (χ4n) is 2.83. The van der Waals surface area contributed by atoms with E-state index in [1.807, 2.05) is 11.8 Å². The van der Waals surface area contributed by atoms with Crippen molar-refractivity contribution in [1.82, 2.24) is 15.5 Å². The second-order valence-electron chi connectivity index (χ2n) is 5.98. The molecule has 2 heterocycles. The number of carbonyl (C=O) groups excluding carboxylic acids is 2. The van der Waals surface area contributed by atoms with Crippen LogP contribution in [0, 0.1) is 5.41 Å². The smallest absolute Gasteiger partial charge is 0.231 e. The fraction of sp³-hybridized carbons (Fsp3) is 0.846. The van der Waals surface area contributed by atoms with Gasteiger partial charge >= 0.3 is 0 Å². The highest BCUT2D eigenvalue weighted by Crippen LogP contribution is 2.25. The summed E-state index contributed by atoms with van der Waals surface area (Å²) in [7, 11) is 0. The van der Waals surface area contributed by atoms with E-state index in [4.69, 9.17) is 5.73 Å². The zero-order valence-corrected chi connectivity index (χ0v) is 11.6. The SMILES string of the molecule is CC1(C(=O)NC2CCN(CC(N)=O)CC2)CCNC1. The Morgan fingerprint density at radius 2 is 2.11 bits per heavy atom. The average Bonchev–Trinajstić information content (AvgIpc) is 2.79. The first-order valence-electron chi connectivity index (χ1n) is 7.02. The molecule has 4 N–H and O–H groups in total. The van der Waals surface area contributed by atoms with Crippen LogP contribution in [0.1, 0.15) is 26.2 Å². The zero-order chi connectivity index (χ0) is 13.9. The zero-order valence-electron chi connectivity index (χ0n) is 11.6. The van der Waals surface area contributed by atoms with Crippen LogP contribution in [0.5, 0.6) is 0 Å². The van der Waals surface area contributed by atoms with Crippen LogP contribution >= 0.6 is 0 Å². The summed E-state index contributed by atoms with van der Waals surface area (Å²) < 4.78 is 0. The maximum absolute atomic E-state index is 12.3. The molecule has 0 radical (unpaired) electrons. The van der Waals surface area contributed by atoms with Crippen LogP contribution in [0.2, 0.25) is 0 Å². The molecule has 0 aromatic rings. The van der Waals surface area contributed by atoms with Gasteiger partial charge in [0.25, 0.3) is 0 Å². The first kappa shape index (κ1) is 14.3. The van der Waals surface area contributed by atoms with Gasteiger partial charge in [-0.15, -0.1) is 0 Å². The van der Waals surface area contributed by atoms with Gasteiger partial charge in [-0.2, -0.15) is 0 Å². The first-order valence-corrected chi connectivity index (χ1v) is 7.02. The third-order valence-electron chi connectivity index (χ3n) is 4.22. The maximum Gasteiger partial charge on any atom is 0.231 e. The molecule has 0 aromatic heterocycles. The summed E-state index contributed by atoms with van der Waals surface area (Å²) in [6.45, 7) is 5.67. The number of carbonyl (C=O) groups is 2. The van der Waals surface area contributed by atoms with Crippen LogP contribution in [-0.4, -0.2) is 55.5 Å². The van der Waals surface area contributed by atoms with E-state index < -0.39 is 0 Å². The Bertz CT molecular complexity index is 345. The third-order valence-corrected chi connectivity index (χ3v) is 4.22. The van der Waals surface area contributed by atoms with Gasteiger partial charge in [0.1, 0.15) is 0 Å². The second kappa shape index (κ2) is 5.88. The van der Waals surface area contributed by atoms with Crippen molar-refractivity contribution in [1.29, 1.82) is 0 Å². The molecule has 2 fully saturated rings. The molecule has 19 heavy (non-hydrogen) atoms. The molecule has 2 rings (SSSR count). The van der Waals surface area contributed by atoms with Gasteiger partial charge in [0.15, 0.2) is 0 Å². The highest BCUT2D eigenvalue weighted by atomic mass is 16.2. The Balaban J connectivity index is 1.76. The van der Waals surface area contributed by atoms with E-state index in [0.29, 0.717) is 6.54 Å². The minimum atomic E-state index is -0.285. The number of rotatable bonds is 4. The van der Waals surface area contributed by atoms with Crippen molar-refractivity contribution in [2.24, 2.45) is 11.1 Å². The maximum atomic E-state index is 12.3. The third kappa shape index (κ3) is 3.67. The highest BCUT2D eigenvalue weighted by Gasteiger charge is 2.37. The van der Waals surface area contributed by atoms with Gasteiger partial charge in [0.05, 0.1) is 12.0 Å². The van der Waals surface area contributed by atoms with Gasteiger partial charge in [-0.05, 0) is 32.7 Å². The van der Waals surface area contributed by atoms with Crippen molar-refractivity contribution in [2.45, 2.75) is 32.2 Å². The summed E-state index contributed by atoms with van der Waals surface area (Å²) in [4.78, 5) is 25.1. The van der Waals surface area contributed by atoms with Gasteiger partial charge in [-0.25, -0.2) is 0 Å². The minimum absolute atomic E-state index is 0.158. The number of primary amides is 1. The summed E-state index contributed by atoms with van der Waals surface area (Å²) >= 11 is 0. The van der Waals surface area contributed by atoms with Crippen molar-refractivity contribution >= 4 is 11.8 Å². The first-order chi connectivity index (χ1) is 8.99. The summed E-state index contributed by atoms with van der Waals surface area (Å²) in [5, 5.41) is 6.39. The van der Waals surface area contributed by atoms with Gasteiger partial charge in [-0.1, -0.05) is 0 Å². The lowest BCUT2D eigenvalue weighted by Gasteiger charge is -2.33.